The van der Waals surface area contributed by atoms with E-state index in [1.54, 1.807) is 10.9 Å². The van der Waals surface area contributed by atoms with E-state index in [4.69, 9.17) is 4.74 Å². The molecular weight excluding hydrogens is 350 g/mol. The third-order valence-electron chi connectivity index (χ3n) is 4.93. The quantitative estimate of drug-likeness (QED) is 0.705. The number of hydrogen-bond donors (Lipinski definition) is 0. The number of likely N-dealkylation sites (tertiary alicyclic amines) is 1. The molecule has 0 aliphatic carbocycles. The van der Waals surface area contributed by atoms with Crippen LogP contribution < -0.4 is 4.74 Å². The van der Waals surface area contributed by atoms with Crippen molar-refractivity contribution in [1.29, 1.82) is 0 Å². The number of aromatic nitrogens is 4. The van der Waals surface area contributed by atoms with Crippen LogP contribution in [0.3, 0.4) is 0 Å². The number of carbonyl (C=O) groups is 1. The van der Waals surface area contributed by atoms with Crippen LogP contribution >= 0.6 is 11.3 Å². The van der Waals surface area contributed by atoms with Crippen molar-refractivity contribution in [2.24, 2.45) is 5.92 Å². The maximum Gasteiger partial charge on any atom is 0.273 e. The van der Waals surface area contributed by atoms with Crippen LogP contribution in [0.25, 0.3) is 5.65 Å². The molecule has 4 rings (SSSR count). The lowest BCUT2D eigenvalue weighted by Crippen LogP contribution is -2.39. The molecule has 0 saturated carbocycles. The number of amides is 1. The van der Waals surface area contributed by atoms with Gasteiger partial charge in [-0.1, -0.05) is 0 Å². The topological polar surface area (TPSA) is 72.6 Å². The second kappa shape index (κ2) is 7.03. The van der Waals surface area contributed by atoms with Crippen molar-refractivity contribution in [3.05, 3.63) is 40.1 Å². The highest BCUT2D eigenvalue weighted by atomic mass is 32.1. The van der Waals surface area contributed by atoms with Crippen LogP contribution in [0.4, 0.5) is 0 Å². The number of nitrogens with zero attached hydrogens (tertiary/aromatic N) is 5. The molecule has 0 aromatic carbocycles. The van der Waals surface area contributed by atoms with Gasteiger partial charge in [-0.3, -0.25) is 4.79 Å². The molecular formula is C18H21N5O2S. The van der Waals surface area contributed by atoms with E-state index in [-0.39, 0.29) is 5.91 Å². The molecule has 0 unspecified atom stereocenters. The first-order valence-electron chi connectivity index (χ1n) is 8.75. The average Bonchev–Trinajstić information content (AvgIpc) is 3.29. The smallest absolute Gasteiger partial charge is 0.273 e. The Kier molecular flexibility index (Phi) is 4.58. The number of thiazole rings is 1. The van der Waals surface area contributed by atoms with E-state index < -0.39 is 0 Å². The van der Waals surface area contributed by atoms with Crippen molar-refractivity contribution in [1.82, 2.24) is 24.5 Å². The maximum absolute atomic E-state index is 12.3. The van der Waals surface area contributed by atoms with Gasteiger partial charge < -0.3 is 9.64 Å². The summed E-state index contributed by atoms with van der Waals surface area (Å²) >= 11 is 1.45. The Balaban J connectivity index is 1.32. The summed E-state index contributed by atoms with van der Waals surface area (Å²) in [4.78, 5) is 22.8. The lowest BCUT2D eigenvalue weighted by molar-refractivity contribution is 0.0654. The molecule has 1 amide bonds. The second-order valence-corrected chi connectivity index (χ2v) is 7.36. The van der Waals surface area contributed by atoms with Crippen LogP contribution in [0.15, 0.2) is 23.0 Å². The van der Waals surface area contributed by atoms with Crippen LogP contribution in [-0.2, 0) is 0 Å². The molecule has 4 heterocycles. The predicted octanol–water partition coefficient (Wildman–Crippen LogP) is 2.73. The number of piperidine rings is 1. The molecule has 1 aliphatic rings. The van der Waals surface area contributed by atoms with Gasteiger partial charge in [0, 0.05) is 24.5 Å². The van der Waals surface area contributed by atoms with Gasteiger partial charge in [0.1, 0.15) is 5.69 Å². The standard InChI is InChI=1S/C18H21N5O2S/c1-12-13(2)23-16(20-12)3-4-17(21-23)25-9-14-5-7-22(8-6-14)18(24)15-10-26-11-19-15/h3-4,10-11,14H,5-9H2,1-2H3. The summed E-state index contributed by atoms with van der Waals surface area (Å²) in [5, 5.41) is 6.32. The number of imidazole rings is 1. The van der Waals surface area contributed by atoms with Crippen LogP contribution in [0.5, 0.6) is 5.88 Å². The third-order valence-corrected chi connectivity index (χ3v) is 5.52. The largest absolute Gasteiger partial charge is 0.476 e. The molecule has 1 saturated heterocycles. The molecule has 0 bridgehead atoms. The Labute approximate surface area is 155 Å². The minimum Gasteiger partial charge on any atom is -0.476 e. The van der Waals surface area contributed by atoms with Gasteiger partial charge in [-0.15, -0.1) is 16.4 Å². The number of hydrogen-bond acceptors (Lipinski definition) is 6. The van der Waals surface area contributed by atoms with Gasteiger partial charge in [-0.2, -0.15) is 0 Å². The van der Waals surface area contributed by atoms with Gasteiger partial charge in [0.05, 0.1) is 23.5 Å². The Hall–Kier alpha value is -2.48. The first-order valence-corrected chi connectivity index (χ1v) is 9.69. The summed E-state index contributed by atoms with van der Waals surface area (Å²) in [6, 6.07) is 3.79. The van der Waals surface area contributed by atoms with Gasteiger partial charge in [-0.05, 0) is 38.7 Å². The molecule has 1 fully saturated rings. The summed E-state index contributed by atoms with van der Waals surface area (Å²) in [7, 11) is 0. The molecule has 7 nitrogen and oxygen atoms in total. The van der Waals surface area contributed by atoms with E-state index >= 15 is 0 Å². The van der Waals surface area contributed by atoms with E-state index in [2.05, 4.69) is 15.1 Å². The minimum absolute atomic E-state index is 0.0312. The zero-order chi connectivity index (χ0) is 18.1. The Bertz CT molecular complexity index is 913. The van der Waals surface area contributed by atoms with E-state index in [9.17, 15) is 4.79 Å². The van der Waals surface area contributed by atoms with Crippen LogP contribution in [0.2, 0.25) is 0 Å². The van der Waals surface area contributed by atoms with Gasteiger partial charge in [-0.25, -0.2) is 14.5 Å². The summed E-state index contributed by atoms with van der Waals surface area (Å²) in [5.74, 6) is 1.07. The number of fused-ring (bicyclic) bond motifs is 1. The molecule has 8 heteroatoms. The van der Waals surface area contributed by atoms with Crippen LogP contribution in [0, 0.1) is 19.8 Å². The van der Waals surface area contributed by atoms with Gasteiger partial charge >= 0.3 is 0 Å². The van der Waals surface area contributed by atoms with E-state index in [0.717, 1.165) is 43.0 Å². The molecule has 0 radical (unpaired) electrons. The highest BCUT2D eigenvalue weighted by Crippen LogP contribution is 2.21. The highest BCUT2D eigenvalue weighted by Gasteiger charge is 2.25. The normalized spacial score (nSPS) is 15.5. The maximum atomic E-state index is 12.3. The lowest BCUT2D eigenvalue weighted by Gasteiger charge is -2.31. The zero-order valence-corrected chi connectivity index (χ0v) is 15.7. The van der Waals surface area contributed by atoms with Gasteiger partial charge in [0.2, 0.25) is 5.88 Å². The number of carbonyl (C=O) groups excluding carboxylic acids is 1. The molecule has 1 aliphatic heterocycles. The molecule has 26 heavy (non-hydrogen) atoms. The van der Waals surface area contributed by atoms with Gasteiger partial charge in [0.25, 0.3) is 5.91 Å². The fourth-order valence-electron chi connectivity index (χ4n) is 3.20. The second-order valence-electron chi connectivity index (χ2n) is 6.64. The predicted molar refractivity (Wildman–Crippen MR) is 98.7 cm³/mol. The number of aryl methyl sites for hydroxylation is 2. The number of ether oxygens (including phenoxy) is 1. The fourth-order valence-corrected chi connectivity index (χ4v) is 3.73. The first-order chi connectivity index (χ1) is 12.6. The zero-order valence-electron chi connectivity index (χ0n) is 14.9. The summed E-state index contributed by atoms with van der Waals surface area (Å²) < 4.78 is 7.73. The van der Waals surface area contributed by atoms with E-state index in [1.165, 1.54) is 11.3 Å². The van der Waals surface area contributed by atoms with Crippen molar-refractivity contribution in [3.8, 4) is 5.88 Å². The summed E-state index contributed by atoms with van der Waals surface area (Å²) in [6.07, 6.45) is 1.86. The van der Waals surface area contributed by atoms with Crippen molar-refractivity contribution >= 4 is 22.9 Å². The lowest BCUT2D eigenvalue weighted by atomic mass is 9.97. The Morgan fingerprint density at radius 1 is 1.31 bits per heavy atom. The SMILES string of the molecule is Cc1nc2ccc(OCC3CCN(C(=O)c4cscn4)CC3)nn2c1C. The molecule has 3 aromatic rings. The van der Waals surface area contributed by atoms with E-state index in [1.807, 2.05) is 35.4 Å². The monoisotopic (exact) mass is 371 g/mol. The summed E-state index contributed by atoms with van der Waals surface area (Å²) in [6.45, 7) is 6.09. The number of rotatable bonds is 4. The molecule has 3 aromatic heterocycles. The van der Waals surface area contributed by atoms with Crippen LogP contribution in [0.1, 0.15) is 34.7 Å². The van der Waals surface area contributed by atoms with Crippen molar-refractivity contribution in [2.75, 3.05) is 19.7 Å². The van der Waals surface area contributed by atoms with Crippen molar-refractivity contribution < 1.29 is 9.53 Å². The van der Waals surface area contributed by atoms with E-state index in [0.29, 0.717) is 24.1 Å². The minimum atomic E-state index is 0.0312. The average molecular weight is 371 g/mol. The highest BCUT2D eigenvalue weighted by molar-refractivity contribution is 7.07. The van der Waals surface area contributed by atoms with Crippen molar-refractivity contribution in [3.63, 3.8) is 0 Å². The molecule has 0 N–H and O–H groups in total. The van der Waals surface area contributed by atoms with Crippen molar-refractivity contribution in [2.45, 2.75) is 26.7 Å². The van der Waals surface area contributed by atoms with Gasteiger partial charge in [0.15, 0.2) is 5.65 Å². The molecule has 0 spiro atoms. The Morgan fingerprint density at radius 3 is 2.85 bits per heavy atom. The fraction of sp³-hybridized carbons (Fsp3) is 0.444. The summed E-state index contributed by atoms with van der Waals surface area (Å²) in [5.41, 5.74) is 5.08. The molecule has 136 valence electrons. The third kappa shape index (κ3) is 3.29. The Morgan fingerprint density at radius 2 is 2.12 bits per heavy atom. The van der Waals surface area contributed by atoms with Crippen LogP contribution in [-0.4, -0.2) is 50.1 Å². The first kappa shape index (κ1) is 17.0. The molecule has 0 atom stereocenters.